The molecule has 0 aliphatic rings. The Kier molecular flexibility index (Phi) is 6.22. The number of halogens is 4. The molecule has 0 unspecified atom stereocenters. The lowest BCUT2D eigenvalue weighted by Crippen LogP contribution is -2.13. The molecular weight excluding hydrogens is 443 g/mol. The van der Waals surface area contributed by atoms with Crippen molar-refractivity contribution < 1.29 is 22.8 Å². The molecule has 0 bridgehead atoms. The number of carbonyl (C=O) groups is 2. The van der Waals surface area contributed by atoms with Gasteiger partial charge in [0.15, 0.2) is 5.78 Å². The Hall–Kier alpha value is -2.79. The van der Waals surface area contributed by atoms with E-state index in [2.05, 4.69) is 20.3 Å². The van der Waals surface area contributed by atoms with Crippen molar-refractivity contribution in [1.29, 1.82) is 0 Å². The molecule has 1 amide bonds. The number of hydrogen-bond acceptors (Lipinski definition) is 6. The molecule has 0 saturated carbocycles. The Labute approximate surface area is 177 Å². The molecule has 0 radical (unpaired) electrons. The molecule has 0 spiro atoms. The first-order valence-electron chi connectivity index (χ1n) is 8.55. The average Bonchev–Trinajstić information content (AvgIpc) is 3.31. The van der Waals surface area contributed by atoms with Crippen molar-refractivity contribution in [2.75, 3.05) is 5.32 Å². The SMILES string of the molecule is C[C@@H](CC(=O)c1cn(C)cn1)c1ncc(C(=O)Nc2cc(C(F)(F)F)c(Cl)cn2)s1. The highest BCUT2D eigenvalue weighted by Gasteiger charge is 2.34. The second-order valence-electron chi connectivity index (χ2n) is 6.52. The Bertz CT molecular complexity index is 1100. The van der Waals surface area contributed by atoms with Gasteiger partial charge in [-0.15, -0.1) is 11.3 Å². The second-order valence-corrected chi connectivity index (χ2v) is 7.99. The summed E-state index contributed by atoms with van der Waals surface area (Å²) < 4.78 is 40.5. The number of hydrogen-bond donors (Lipinski definition) is 1. The fraction of sp³-hybridized carbons (Fsp3) is 0.278. The number of carbonyl (C=O) groups excluding carboxylic acids is 2. The van der Waals surface area contributed by atoms with E-state index >= 15 is 0 Å². The van der Waals surface area contributed by atoms with E-state index in [0.29, 0.717) is 16.8 Å². The van der Waals surface area contributed by atoms with Gasteiger partial charge in [-0.05, 0) is 6.07 Å². The number of amides is 1. The van der Waals surface area contributed by atoms with Crippen LogP contribution in [-0.2, 0) is 13.2 Å². The molecule has 1 N–H and O–H groups in total. The number of pyridine rings is 1. The van der Waals surface area contributed by atoms with Crippen LogP contribution in [0.2, 0.25) is 5.02 Å². The molecule has 0 aromatic carbocycles. The van der Waals surface area contributed by atoms with Crippen LogP contribution in [-0.4, -0.2) is 31.2 Å². The maximum absolute atomic E-state index is 12.9. The number of Topliss-reactive ketones (excluding diaryl/α,β-unsaturated/α-hetero) is 1. The third-order valence-corrected chi connectivity index (χ3v) is 5.58. The van der Waals surface area contributed by atoms with Gasteiger partial charge in [0.25, 0.3) is 5.91 Å². The number of imidazole rings is 1. The summed E-state index contributed by atoms with van der Waals surface area (Å²) in [5.41, 5.74) is -0.755. The number of ketones is 1. The number of nitrogens with one attached hydrogen (secondary N) is 1. The van der Waals surface area contributed by atoms with Gasteiger partial charge in [0.2, 0.25) is 0 Å². The molecule has 0 aliphatic heterocycles. The van der Waals surface area contributed by atoms with Crippen LogP contribution in [0.4, 0.5) is 19.0 Å². The summed E-state index contributed by atoms with van der Waals surface area (Å²) in [7, 11) is 1.76. The van der Waals surface area contributed by atoms with Gasteiger partial charge in [-0.2, -0.15) is 13.2 Å². The Balaban J connectivity index is 1.68. The lowest BCUT2D eigenvalue weighted by molar-refractivity contribution is -0.137. The van der Waals surface area contributed by atoms with Crippen LogP contribution in [0.1, 0.15) is 50.0 Å². The average molecular weight is 458 g/mol. The van der Waals surface area contributed by atoms with E-state index in [0.717, 1.165) is 17.5 Å². The van der Waals surface area contributed by atoms with E-state index in [4.69, 9.17) is 11.6 Å². The minimum Gasteiger partial charge on any atom is -0.340 e. The van der Waals surface area contributed by atoms with Crippen LogP contribution in [0.15, 0.2) is 31.0 Å². The van der Waals surface area contributed by atoms with E-state index < -0.39 is 22.7 Å². The van der Waals surface area contributed by atoms with Gasteiger partial charge in [-0.3, -0.25) is 9.59 Å². The number of aryl methyl sites for hydroxylation is 1. The summed E-state index contributed by atoms with van der Waals surface area (Å²) in [5, 5.41) is 2.28. The van der Waals surface area contributed by atoms with Gasteiger partial charge >= 0.3 is 6.18 Å². The minimum atomic E-state index is -4.67. The Morgan fingerprint density at radius 2 is 2.00 bits per heavy atom. The van der Waals surface area contributed by atoms with Crippen molar-refractivity contribution in [3.63, 3.8) is 0 Å². The summed E-state index contributed by atoms with van der Waals surface area (Å²) in [6.07, 6.45) is 0.746. The van der Waals surface area contributed by atoms with E-state index in [9.17, 15) is 22.8 Å². The van der Waals surface area contributed by atoms with Crippen LogP contribution in [0, 0.1) is 0 Å². The van der Waals surface area contributed by atoms with Crippen molar-refractivity contribution in [1.82, 2.24) is 19.5 Å². The van der Waals surface area contributed by atoms with E-state index in [1.165, 1.54) is 12.5 Å². The van der Waals surface area contributed by atoms with Crippen LogP contribution in [0.5, 0.6) is 0 Å². The zero-order valence-electron chi connectivity index (χ0n) is 15.7. The van der Waals surface area contributed by atoms with Crippen molar-refractivity contribution in [3.8, 4) is 0 Å². The standard InChI is InChI=1S/C18H15ClF3N5O2S/c1-9(3-13(28)12-7-27(2)8-25-12)17-24-6-14(30-17)16(29)26-15-4-10(18(20,21)22)11(19)5-23-15/h4-9H,3H2,1-2H3,(H,23,26,29)/t9-/m0/s1. The second kappa shape index (κ2) is 8.52. The zero-order valence-corrected chi connectivity index (χ0v) is 17.3. The molecule has 3 aromatic heterocycles. The van der Waals surface area contributed by atoms with Crippen molar-refractivity contribution >= 4 is 40.4 Å². The van der Waals surface area contributed by atoms with Gasteiger partial charge in [0.05, 0.1) is 28.1 Å². The number of thiazole rings is 1. The van der Waals surface area contributed by atoms with Gasteiger partial charge < -0.3 is 9.88 Å². The van der Waals surface area contributed by atoms with Crippen molar-refractivity contribution in [2.45, 2.75) is 25.4 Å². The molecule has 0 saturated heterocycles. The topological polar surface area (TPSA) is 89.8 Å². The predicted octanol–water partition coefficient (Wildman–Crippen LogP) is 4.57. The maximum atomic E-state index is 12.9. The highest BCUT2D eigenvalue weighted by atomic mass is 35.5. The fourth-order valence-corrected chi connectivity index (χ4v) is 3.62. The van der Waals surface area contributed by atoms with Gasteiger partial charge in [-0.1, -0.05) is 18.5 Å². The Morgan fingerprint density at radius 1 is 1.27 bits per heavy atom. The fourth-order valence-electron chi connectivity index (χ4n) is 2.55. The van der Waals surface area contributed by atoms with Crippen LogP contribution in [0.25, 0.3) is 0 Å². The lowest BCUT2D eigenvalue weighted by atomic mass is 10.0. The summed E-state index contributed by atoms with van der Waals surface area (Å²) in [5.74, 6) is -1.37. The Morgan fingerprint density at radius 3 is 2.63 bits per heavy atom. The number of nitrogens with zero attached hydrogens (tertiary/aromatic N) is 4. The zero-order chi connectivity index (χ0) is 22.1. The summed E-state index contributed by atoms with van der Waals surface area (Å²) in [6.45, 7) is 1.79. The first-order chi connectivity index (χ1) is 14.0. The lowest BCUT2D eigenvalue weighted by Gasteiger charge is -2.10. The minimum absolute atomic E-state index is 0.152. The maximum Gasteiger partial charge on any atom is 0.418 e. The third-order valence-electron chi connectivity index (χ3n) is 4.05. The van der Waals surface area contributed by atoms with E-state index in [-0.39, 0.29) is 28.8 Å². The highest BCUT2D eigenvalue weighted by Crippen LogP contribution is 2.35. The summed E-state index contributed by atoms with van der Waals surface area (Å²) in [6, 6.07) is 0.663. The highest BCUT2D eigenvalue weighted by molar-refractivity contribution is 7.13. The summed E-state index contributed by atoms with van der Waals surface area (Å²) >= 11 is 6.57. The third kappa shape index (κ3) is 5.03. The van der Waals surface area contributed by atoms with E-state index in [1.54, 1.807) is 24.7 Å². The van der Waals surface area contributed by atoms with Gasteiger partial charge in [0, 0.05) is 31.8 Å². The largest absolute Gasteiger partial charge is 0.418 e. The number of aromatic nitrogens is 4. The first-order valence-corrected chi connectivity index (χ1v) is 9.75. The van der Waals surface area contributed by atoms with Gasteiger partial charge in [-0.25, -0.2) is 15.0 Å². The number of alkyl halides is 3. The predicted molar refractivity (Wildman–Crippen MR) is 105 cm³/mol. The van der Waals surface area contributed by atoms with Crippen molar-refractivity contribution in [2.24, 2.45) is 7.05 Å². The molecule has 7 nitrogen and oxygen atoms in total. The normalized spacial score (nSPS) is 12.6. The molecule has 1 atom stereocenters. The van der Waals surface area contributed by atoms with Crippen molar-refractivity contribution in [3.05, 3.63) is 57.1 Å². The molecule has 3 rings (SSSR count). The summed E-state index contributed by atoms with van der Waals surface area (Å²) in [4.78, 5) is 36.7. The number of anilines is 1. The molecule has 12 heteroatoms. The molecule has 158 valence electrons. The molecule has 3 heterocycles. The van der Waals surface area contributed by atoms with E-state index in [1.807, 2.05) is 0 Å². The monoisotopic (exact) mass is 457 g/mol. The van der Waals surface area contributed by atoms with Gasteiger partial charge in [0.1, 0.15) is 16.4 Å². The van der Waals surface area contributed by atoms with Crippen LogP contribution < -0.4 is 5.32 Å². The molecule has 0 fully saturated rings. The molecule has 30 heavy (non-hydrogen) atoms. The molecular formula is C18H15ClF3N5O2S. The van der Waals surface area contributed by atoms with Crippen LogP contribution >= 0.6 is 22.9 Å². The number of rotatable bonds is 6. The quantitative estimate of drug-likeness (QED) is 0.547. The molecule has 3 aromatic rings. The first kappa shape index (κ1) is 21.9. The molecule has 0 aliphatic carbocycles. The smallest absolute Gasteiger partial charge is 0.340 e. The van der Waals surface area contributed by atoms with Crippen LogP contribution in [0.3, 0.4) is 0 Å².